The Labute approximate surface area is 187 Å². The molecule has 0 atom stereocenters. The van der Waals surface area contributed by atoms with Crippen LogP contribution in [0.2, 0.25) is 0 Å². The number of nitrogens with zero attached hydrogens (tertiary/aromatic N) is 1. The van der Waals surface area contributed by atoms with Gasteiger partial charge in [-0.15, -0.1) is 0 Å². The zero-order chi connectivity index (χ0) is 21.6. The molecule has 29 heavy (non-hydrogen) atoms. The first-order valence-electron chi connectivity index (χ1n) is 9.78. The lowest BCUT2D eigenvalue weighted by molar-refractivity contribution is -0.148. The predicted molar refractivity (Wildman–Crippen MR) is 125 cm³/mol. The zero-order valence-corrected chi connectivity index (χ0v) is 19.8. The summed E-state index contributed by atoms with van der Waals surface area (Å²) < 4.78 is 6.55. The molecule has 0 saturated carbocycles. The fourth-order valence-electron chi connectivity index (χ4n) is 3.35. The quantitative estimate of drug-likeness (QED) is 0.449. The molecule has 1 N–H and O–H groups in total. The van der Waals surface area contributed by atoms with E-state index in [1.807, 2.05) is 52.0 Å². The Kier molecular flexibility index (Phi) is 8.49. The average molecular weight is 508 g/mol. The van der Waals surface area contributed by atoms with Crippen LogP contribution < -0.4 is 10.1 Å². The predicted octanol–water partition coefficient (Wildman–Crippen LogP) is 4.27. The molecule has 2 aromatic rings. The minimum absolute atomic E-state index is 0.0268. The summed E-state index contributed by atoms with van der Waals surface area (Å²) in [7, 11) is 1.66. The van der Waals surface area contributed by atoms with Crippen LogP contribution >= 0.6 is 22.6 Å². The summed E-state index contributed by atoms with van der Waals surface area (Å²) in [6.45, 7) is 8.03. The van der Waals surface area contributed by atoms with Crippen LogP contribution in [0.15, 0.2) is 42.5 Å². The summed E-state index contributed by atoms with van der Waals surface area (Å²) >= 11 is 2.26. The van der Waals surface area contributed by atoms with Crippen LogP contribution in [-0.4, -0.2) is 42.5 Å². The van der Waals surface area contributed by atoms with Gasteiger partial charge in [0, 0.05) is 18.6 Å². The molecular formula is C23H29IN2O3. The Morgan fingerprint density at radius 2 is 1.66 bits per heavy atom. The normalized spacial score (nSPS) is 10.9. The molecule has 0 spiro atoms. The molecule has 2 aromatic carbocycles. The molecule has 6 heteroatoms. The highest BCUT2D eigenvalue weighted by Gasteiger charge is 2.26. The average Bonchev–Trinajstić information content (AvgIpc) is 2.69. The number of methoxy groups -OCH3 is 1. The lowest BCUT2D eigenvalue weighted by Crippen LogP contribution is -2.49. The minimum atomic E-state index is -0.561. The van der Waals surface area contributed by atoms with Crippen LogP contribution in [0.4, 0.5) is 0 Å². The zero-order valence-electron chi connectivity index (χ0n) is 17.7. The lowest BCUT2D eigenvalue weighted by atomic mass is 10.0. The molecule has 156 valence electrons. The van der Waals surface area contributed by atoms with Gasteiger partial charge < -0.3 is 15.0 Å². The third-order valence-corrected chi connectivity index (χ3v) is 5.89. The Morgan fingerprint density at radius 3 is 2.21 bits per heavy atom. The van der Waals surface area contributed by atoms with E-state index in [-0.39, 0.29) is 12.1 Å². The van der Waals surface area contributed by atoms with Gasteiger partial charge in [0.05, 0.1) is 10.7 Å². The van der Waals surface area contributed by atoms with Crippen LogP contribution in [0.25, 0.3) is 11.1 Å². The van der Waals surface area contributed by atoms with E-state index in [2.05, 4.69) is 46.1 Å². The van der Waals surface area contributed by atoms with Crippen molar-refractivity contribution in [1.29, 1.82) is 0 Å². The Bertz CT molecular complexity index is 843. The van der Waals surface area contributed by atoms with Crippen molar-refractivity contribution in [2.75, 3.05) is 13.7 Å². The van der Waals surface area contributed by atoms with E-state index in [1.165, 1.54) is 0 Å². The topological polar surface area (TPSA) is 58.6 Å². The van der Waals surface area contributed by atoms with Crippen molar-refractivity contribution < 1.29 is 14.3 Å². The molecule has 0 aliphatic rings. The molecule has 0 aliphatic carbocycles. The van der Waals surface area contributed by atoms with Gasteiger partial charge in [-0.1, -0.05) is 30.3 Å². The standard InChI is InChI=1S/C23H29IN2O3/c1-15(2)26(16(3)4)23(28)22(27)25-12-11-18-13-19(14-20(29-5)21(18)24)17-9-7-6-8-10-17/h6-10,13-16H,11-12H2,1-5H3,(H,25,27). The fourth-order valence-corrected chi connectivity index (χ4v) is 4.15. The van der Waals surface area contributed by atoms with Gasteiger partial charge in [-0.2, -0.15) is 0 Å². The maximum absolute atomic E-state index is 12.5. The maximum atomic E-state index is 12.5. The third-order valence-electron chi connectivity index (χ3n) is 4.66. The minimum Gasteiger partial charge on any atom is -0.496 e. The molecule has 0 bridgehead atoms. The van der Waals surface area contributed by atoms with Gasteiger partial charge in [0.15, 0.2) is 0 Å². The van der Waals surface area contributed by atoms with E-state index in [9.17, 15) is 9.59 Å². The van der Waals surface area contributed by atoms with Gasteiger partial charge in [0.25, 0.3) is 0 Å². The monoisotopic (exact) mass is 508 g/mol. The second-order valence-corrected chi connectivity index (χ2v) is 8.50. The van der Waals surface area contributed by atoms with Crippen LogP contribution in [0, 0.1) is 3.57 Å². The third kappa shape index (κ3) is 5.95. The molecule has 2 rings (SSSR count). The van der Waals surface area contributed by atoms with Crippen molar-refractivity contribution in [2.45, 2.75) is 46.2 Å². The number of benzene rings is 2. The van der Waals surface area contributed by atoms with Gasteiger partial charge in [-0.05, 0) is 85.5 Å². The van der Waals surface area contributed by atoms with Crippen molar-refractivity contribution in [2.24, 2.45) is 0 Å². The Hall–Kier alpha value is -2.09. The van der Waals surface area contributed by atoms with Crippen molar-refractivity contribution in [3.8, 4) is 16.9 Å². The van der Waals surface area contributed by atoms with Crippen LogP contribution in [0.1, 0.15) is 33.3 Å². The molecule has 0 fully saturated rings. The molecule has 0 aromatic heterocycles. The highest BCUT2D eigenvalue weighted by Crippen LogP contribution is 2.31. The molecule has 2 amide bonds. The first kappa shape index (κ1) is 23.2. The molecule has 0 aliphatic heterocycles. The Morgan fingerprint density at radius 1 is 1.03 bits per heavy atom. The number of carbonyl (C=O) groups is 2. The van der Waals surface area contributed by atoms with Gasteiger partial charge in [-0.25, -0.2) is 0 Å². The van der Waals surface area contributed by atoms with E-state index in [0.29, 0.717) is 13.0 Å². The number of hydrogen-bond acceptors (Lipinski definition) is 3. The molecule has 0 saturated heterocycles. The molecule has 0 radical (unpaired) electrons. The Balaban J connectivity index is 2.12. The smallest absolute Gasteiger partial charge is 0.312 e. The number of halogens is 1. The summed E-state index contributed by atoms with van der Waals surface area (Å²) in [5.74, 6) is -0.246. The number of ether oxygens (including phenoxy) is 1. The highest BCUT2D eigenvalue weighted by atomic mass is 127. The van der Waals surface area contributed by atoms with E-state index in [0.717, 1.165) is 26.0 Å². The summed E-state index contributed by atoms with van der Waals surface area (Å²) in [5.41, 5.74) is 3.24. The number of nitrogens with one attached hydrogen (secondary N) is 1. The van der Waals surface area contributed by atoms with E-state index in [1.54, 1.807) is 12.0 Å². The van der Waals surface area contributed by atoms with Crippen LogP contribution in [0.5, 0.6) is 5.75 Å². The summed E-state index contributed by atoms with van der Waals surface area (Å²) in [6, 6.07) is 14.2. The molecule has 5 nitrogen and oxygen atoms in total. The van der Waals surface area contributed by atoms with Crippen molar-refractivity contribution in [1.82, 2.24) is 10.2 Å². The van der Waals surface area contributed by atoms with Gasteiger partial charge >= 0.3 is 11.8 Å². The van der Waals surface area contributed by atoms with E-state index >= 15 is 0 Å². The molecule has 0 unspecified atom stereocenters. The van der Waals surface area contributed by atoms with E-state index < -0.39 is 11.8 Å². The van der Waals surface area contributed by atoms with E-state index in [4.69, 9.17) is 4.74 Å². The number of carbonyl (C=O) groups excluding carboxylic acids is 2. The summed E-state index contributed by atoms with van der Waals surface area (Å²) in [4.78, 5) is 26.4. The van der Waals surface area contributed by atoms with Crippen LogP contribution in [0.3, 0.4) is 0 Å². The van der Waals surface area contributed by atoms with Crippen molar-refractivity contribution in [3.63, 3.8) is 0 Å². The van der Waals surface area contributed by atoms with Gasteiger partial charge in [-0.3, -0.25) is 9.59 Å². The lowest BCUT2D eigenvalue weighted by Gasteiger charge is -2.30. The highest BCUT2D eigenvalue weighted by molar-refractivity contribution is 14.1. The first-order valence-corrected chi connectivity index (χ1v) is 10.9. The van der Waals surface area contributed by atoms with Crippen molar-refractivity contribution >= 4 is 34.4 Å². The molecular weight excluding hydrogens is 479 g/mol. The SMILES string of the molecule is COc1cc(-c2ccccc2)cc(CCNC(=O)C(=O)N(C(C)C)C(C)C)c1I. The summed E-state index contributed by atoms with van der Waals surface area (Å²) in [5, 5.41) is 2.77. The number of rotatable bonds is 7. The van der Waals surface area contributed by atoms with Crippen molar-refractivity contribution in [3.05, 3.63) is 51.6 Å². The van der Waals surface area contributed by atoms with Crippen LogP contribution in [-0.2, 0) is 16.0 Å². The second-order valence-electron chi connectivity index (χ2n) is 7.42. The molecule has 0 heterocycles. The number of amides is 2. The van der Waals surface area contributed by atoms with Gasteiger partial charge in [0.1, 0.15) is 5.75 Å². The maximum Gasteiger partial charge on any atom is 0.312 e. The number of hydrogen-bond donors (Lipinski definition) is 1. The fraction of sp³-hybridized carbons (Fsp3) is 0.391. The summed E-state index contributed by atoms with van der Waals surface area (Å²) in [6.07, 6.45) is 0.609. The second kappa shape index (κ2) is 10.6. The first-order chi connectivity index (χ1) is 13.8. The largest absolute Gasteiger partial charge is 0.496 e. The van der Waals surface area contributed by atoms with Gasteiger partial charge in [0.2, 0.25) is 0 Å².